The molecular formula is C51H54F4N2O7. The molecule has 1 spiro atoms. The first-order valence-corrected chi connectivity index (χ1v) is 22.6. The molecule has 64 heavy (non-hydrogen) atoms. The van der Waals surface area contributed by atoms with Gasteiger partial charge in [0.15, 0.2) is 11.6 Å². The summed E-state index contributed by atoms with van der Waals surface area (Å²) in [5.41, 5.74) is 2.93. The SMILES string of the molecule is CC1(C)C2(C)C(=O)OC3(C(=O)OCC4CCC5C(O4)c4cc(C(F)(F)F)ccc4N[C@H]5c4ccccc4)CCC312.CCc1ccc2c(c1)C1OCCCC1[C@H](c1ccc(O)c(F)c1)N2. The molecule has 5 aliphatic heterocycles. The van der Waals surface area contributed by atoms with Crippen molar-refractivity contribution in [1.29, 1.82) is 0 Å². The fourth-order valence-corrected chi connectivity index (χ4v) is 12.7. The van der Waals surface area contributed by atoms with Gasteiger partial charge in [0.1, 0.15) is 6.61 Å². The van der Waals surface area contributed by atoms with E-state index in [4.69, 9.17) is 18.9 Å². The van der Waals surface area contributed by atoms with E-state index in [9.17, 15) is 32.3 Å². The van der Waals surface area contributed by atoms with Crippen LogP contribution in [0.3, 0.4) is 0 Å². The van der Waals surface area contributed by atoms with Crippen LogP contribution in [0, 0.1) is 33.9 Å². The lowest BCUT2D eigenvalue weighted by Crippen LogP contribution is -2.58. The average Bonchev–Trinajstić information content (AvgIpc) is 3.68. The van der Waals surface area contributed by atoms with Gasteiger partial charge in [0.2, 0.25) is 5.60 Å². The number of nitrogens with one attached hydrogen (secondary N) is 2. The van der Waals surface area contributed by atoms with E-state index in [0.29, 0.717) is 30.5 Å². The molecule has 11 rings (SSSR count). The lowest BCUT2D eigenvalue weighted by atomic mass is 9.61. The minimum atomic E-state index is -4.48. The molecule has 5 fully saturated rings. The lowest BCUT2D eigenvalue weighted by Gasteiger charge is -2.47. The maximum Gasteiger partial charge on any atom is 0.416 e. The number of fused-ring (bicyclic) bond motifs is 6. The number of esters is 2. The van der Waals surface area contributed by atoms with Gasteiger partial charge >= 0.3 is 18.1 Å². The molecule has 13 heteroatoms. The largest absolute Gasteiger partial charge is 0.505 e. The summed E-state index contributed by atoms with van der Waals surface area (Å²) < 4.78 is 78.8. The molecule has 0 aromatic heterocycles. The number of halogens is 4. The zero-order valence-corrected chi connectivity index (χ0v) is 36.4. The van der Waals surface area contributed by atoms with Gasteiger partial charge < -0.3 is 34.7 Å². The fourth-order valence-electron chi connectivity index (χ4n) is 12.7. The van der Waals surface area contributed by atoms with Gasteiger partial charge in [-0.05, 0) is 110 Å². The molecule has 2 saturated carbocycles. The van der Waals surface area contributed by atoms with Crippen molar-refractivity contribution >= 4 is 23.3 Å². The van der Waals surface area contributed by atoms with Crippen LogP contribution >= 0.6 is 0 Å². The normalized spacial score (nSPS) is 33.6. The minimum Gasteiger partial charge on any atom is -0.505 e. The van der Waals surface area contributed by atoms with Crippen molar-refractivity contribution in [3.63, 3.8) is 0 Å². The van der Waals surface area contributed by atoms with Gasteiger partial charge in [0.05, 0.1) is 41.4 Å². The van der Waals surface area contributed by atoms with Gasteiger partial charge in [-0.25, -0.2) is 9.18 Å². The molecule has 3 saturated heterocycles. The Kier molecular flexibility index (Phi) is 10.2. The molecule has 8 unspecified atom stereocenters. The van der Waals surface area contributed by atoms with Crippen molar-refractivity contribution < 1.29 is 51.2 Å². The summed E-state index contributed by atoms with van der Waals surface area (Å²) in [5, 5.41) is 16.5. The fraction of sp³-hybridized carbons (Fsp3) is 0.490. The third kappa shape index (κ3) is 6.22. The predicted molar refractivity (Wildman–Crippen MR) is 230 cm³/mol. The molecule has 7 aliphatic rings. The maximum atomic E-state index is 13.8. The van der Waals surface area contributed by atoms with Crippen LogP contribution in [0.15, 0.2) is 84.9 Å². The van der Waals surface area contributed by atoms with Gasteiger partial charge in [-0.15, -0.1) is 0 Å². The second-order valence-corrected chi connectivity index (χ2v) is 19.4. The van der Waals surface area contributed by atoms with Gasteiger partial charge in [-0.1, -0.05) is 69.3 Å². The number of hydrogen-bond acceptors (Lipinski definition) is 9. The van der Waals surface area contributed by atoms with Crippen molar-refractivity contribution in [3.05, 3.63) is 124 Å². The molecule has 3 N–H and O–H groups in total. The lowest BCUT2D eigenvalue weighted by molar-refractivity contribution is -0.207. The highest BCUT2D eigenvalue weighted by molar-refractivity contribution is 5.99. The average molecular weight is 883 g/mol. The van der Waals surface area contributed by atoms with E-state index >= 15 is 0 Å². The van der Waals surface area contributed by atoms with E-state index in [-0.39, 0.29) is 53.8 Å². The molecule has 9 nitrogen and oxygen atoms in total. The van der Waals surface area contributed by atoms with Crippen molar-refractivity contribution in [2.24, 2.45) is 28.1 Å². The summed E-state index contributed by atoms with van der Waals surface area (Å²) in [5.74, 6) is -1.61. The first-order chi connectivity index (χ1) is 30.5. The standard InChI is InChI=1S/C31H32F3NO5.C20H22FNO2/c1-27(2)28(3)25(36)40-29(13-14-30(27,28)29)26(37)38-16-19-10-11-20-23(17-7-5-4-6-8-17)35-22-12-9-18(31(32,33)34)15-21(22)24(20)39-19;1-2-12-5-7-17-15(10-12)20-14(4-3-9-24-20)19(22-17)13-6-8-18(23)16(21)11-13/h4-9,12,15,19-20,23-24,35H,10-11,13-14,16H2,1-3H3;5-8,10-11,14,19-20,22-23H,2-4,9H2,1H3/t19?,20?,23-,24?,28?,29?,30?;14?,19-,20?/m00/s1. The number of carbonyl (C=O) groups excluding carboxylic acids is 2. The molecule has 4 aromatic carbocycles. The zero-order valence-electron chi connectivity index (χ0n) is 36.4. The molecule has 0 radical (unpaired) electrons. The third-order valence-corrected chi connectivity index (χ3v) is 16.5. The van der Waals surface area contributed by atoms with E-state index in [1.165, 1.54) is 35.4 Å². The summed E-state index contributed by atoms with van der Waals surface area (Å²) in [4.78, 5) is 26.3. The smallest absolute Gasteiger partial charge is 0.416 e. The Bertz CT molecular complexity index is 2500. The Hall–Kier alpha value is -5.14. The molecule has 4 aromatic rings. The zero-order chi connectivity index (χ0) is 45.0. The second kappa shape index (κ2) is 15.2. The highest BCUT2D eigenvalue weighted by Crippen LogP contribution is 2.92. The number of ether oxygens (including phenoxy) is 4. The number of aromatic hydroxyl groups is 1. The highest BCUT2D eigenvalue weighted by Gasteiger charge is 3.00. The number of aryl methyl sites for hydroxylation is 1. The molecule has 0 bridgehead atoms. The van der Waals surface area contributed by atoms with Crippen molar-refractivity contribution in [3.8, 4) is 5.75 Å². The Morgan fingerprint density at radius 3 is 2.22 bits per heavy atom. The van der Waals surface area contributed by atoms with E-state index in [0.717, 1.165) is 55.2 Å². The van der Waals surface area contributed by atoms with Crippen LogP contribution in [-0.4, -0.2) is 42.0 Å². The van der Waals surface area contributed by atoms with Crippen LogP contribution in [-0.2, 0) is 41.1 Å². The van der Waals surface area contributed by atoms with Crippen LogP contribution in [0.25, 0.3) is 0 Å². The summed E-state index contributed by atoms with van der Waals surface area (Å²) in [7, 11) is 0. The summed E-state index contributed by atoms with van der Waals surface area (Å²) in [6.07, 6.45) is -0.0672. The second-order valence-electron chi connectivity index (χ2n) is 19.4. The summed E-state index contributed by atoms with van der Waals surface area (Å²) >= 11 is 0. The van der Waals surface area contributed by atoms with Crippen LogP contribution in [0.1, 0.15) is 124 Å². The van der Waals surface area contributed by atoms with Crippen molar-refractivity contribution in [1.82, 2.24) is 0 Å². The number of phenols is 1. The maximum absolute atomic E-state index is 13.8. The van der Waals surface area contributed by atoms with Gasteiger partial charge in [-0.3, -0.25) is 4.79 Å². The first-order valence-electron chi connectivity index (χ1n) is 22.6. The van der Waals surface area contributed by atoms with E-state index < -0.39 is 52.2 Å². The quantitative estimate of drug-likeness (QED) is 0.129. The summed E-state index contributed by atoms with van der Waals surface area (Å²) in [6, 6.07) is 24.5. The molecule has 2 aliphatic carbocycles. The summed E-state index contributed by atoms with van der Waals surface area (Å²) in [6.45, 7) is 8.76. The monoisotopic (exact) mass is 882 g/mol. The van der Waals surface area contributed by atoms with Gasteiger partial charge in [-0.2, -0.15) is 13.2 Å². The molecule has 0 amide bonds. The number of rotatable bonds is 6. The minimum absolute atomic E-state index is 0.00891. The van der Waals surface area contributed by atoms with E-state index in [2.05, 4.69) is 35.8 Å². The van der Waals surface area contributed by atoms with Crippen LogP contribution in [0.4, 0.5) is 28.9 Å². The predicted octanol–water partition coefficient (Wildman–Crippen LogP) is 11.1. The van der Waals surface area contributed by atoms with E-state index in [1.807, 2.05) is 51.1 Å². The topological polar surface area (TPSA) is 115 Å². The number of phenolic OH excluding ortho intramolecular Hbond substituents is 1. The Morgan fingerprint density at radius 1 is 0.844 bits per heavy atom. The van der Waals surface area contributed by atoms with Gasteiger partial charge in [0, 0.05) is 46.4 Å². The molecule has 10 atom stereocenters. The molecular weight excluding hydrogens is 829 g/mol. The van der Waals surface area contributed by atoms with E-state index in [1.54, 1.807) is 6.07 Å². The number of benzene rings is 4. The Labute approximate surface area is 370 Å². The number of hydrogen-bond donors (Lipinski definition) is 3. The van der Waals surface area contributed by atoms with Crippen LogP contribution in [0.2, 0.25) is 0 Å². The third-order valence-electron chi connectivity index (χ3n) is 16.5. The van der Waals surface area contributed by atoms with Crippen LogP contribution < -0.4 is 10.6 Å². The Balaban J connectivity index is 0.000000172. The van der Waals surface area contributed by atoms with Crippen molar-refractivity contribution in [2.75, 3.05) is 23.8 Å². The Morgan fingerprint density at radius 2 is 1.55 bits per heavy atom. The van der Waals surface area contributed by atoms with Crippen molar-refractivity contribution in [2.45, 2.75) is 115 Å². The number of anilines is 2. The highest BCUT2D eigenvalue weighted by atomic mass is 19.4. The number of carbonyl (C=O) groups is 2. The van der Waals surface area contributed by atoms with Gasteiger partial charge in [0.25, 0.3) is 0 Å². The molecule has 338 valence electrons. The molecule has 5 heterocycles. The number of alkyl halides is 3. The first kappa shape index (κ1) is 42.8. The van der Waals surface area contributed by atoms with Crippen LogP contribution in [0.5, 0.6) is 5.75 Å².